The standard InChI is InChI=1S/C13H22N2O2/c1-5-8-10-9-11(16)15-12(14-10)13(4,6-2)17-7-3/h9H,5-8H2,1-4H3,(H,14,15,16). The predicted octanol–water partition coefficient (Wildman–Crippen LogP) is 2.38. The van der Waals surface area contributed by atoms with Crippen molar-refractivity contribution in [2.24, 2.45) is 0 Å². The molecule has 0 amide bonds. The fraction of sp³-hybridized carbons (Fsp3) is 0.692. The van der Waals surface area contributed by atoms with Crippen LogP contribution in [0.5, 0.6) is 0 Å². The van der Waals surface area contributed by atoms with Crippen molar-refractivity contribution >= 4 is 0 Å². The normalized spacial score (nSPS) is 14.6. The van der Waals surface area contributed by atoms with E-state index in [1.165, 1.54) is 0 Å². The van der Waals surface area contributed by atoms with Gasteiger partial charge in [0.05, 0.1) is 0 Å². The average molecular weight is 238 g/mol. The van der Waals surface area contributed by atoms with E-state index in [1.54, 1.807) is 6.07 Å². The van der Waals surface area contributed by atoms with Crippen molar-refractivity contribution in [2.75, 3.05) is 6.61 Å². The number of aromatic nitrogens is 2. The van der Waals surface area contributed by atoms with E-state index in [2.05, 4.69) is 16.9 Å². The molecule has 0 saturated heterocycles. The predicted molar refractivity (Wildman–Crippen MR) is 68.1 cm³/mol. The zero-order chi connectivity index (χ0) is 12.9. The third-order valence-electron chi connectivity index (χ3n) is 2.94. The molecule has 1 unspecified atom stereocenters. The molecule has 1 N–H and O–H groups in total. The van der Waals surface area contributed by atoms with Crippen LogP contribution in [0.4, 0.5) is 0 Å². The number of ether oxygens (including phenoxy) is 1. The molecule has 0 saturated carbocycles. The Morgan fingerprint density at radius 3 is 2.65 bits per heavy atom. The number of hydrogen-bond donors (Lipinski definition) is 1. The first-order chi connectivity index (χ1) is 8.05. The molecule has 1 rings (SSSR count). The Balaban J connectivity index is 3.15. The van der Waals surface area contributed by atoms with Crippen LogP contribution in [0.2, 0.25) is 0 Å². The van der Waals surface area contributed by atoms with Gasteiger partial charge in [0.25, 0.3) is 5.56 Å². The van der Waals surface area contributed by atoms with Crippen molar-refractivity contribution in [3.63, 3.8) is 0 Å². The van der Waals surface area contributed by atoms with Crippen LogP contribution in [-0.2, 0) is 16.8 Å². The molecule has 1 atom stereocenters. The molecule has 0 aliphatic rings. The zero-order valence-electron chi connectivity index (χ0n) is 11.2. The van der Waals surface area contributed by atoms with Crippen LogP contribution in [0.25, 0.3) is 0 Å². The second-order valence-electron chi connectivity index (χ2n) is 4.35. The van der Waals surface area contributed by atoms with Gasteiger partial charge in [0.15, 0.2) is 0 Å². The third kappa shape index (κ3) is 3.40. The van der Waals surface area contributed by atoms with Gasteiger partial charge in [-0.15, -0.1) is 0 Å². The lowest BCUT2D eigenvalue weighted by Gasteiger charge is -2.27. The molecule has 1 aromatic heterocycles. The number of H-pyrrole nitrogens is 1. The van der Waals surface area contributed by atoms with Crippen LogP contribution in [-0.4, -0.2) is 16.6 Å². The summed E-state index contributed by atoms with van der Waals surface area (Å²) in [6, 6.07) is 1.56. The maximum Gasteiger partial charge on any atom is 0.251 e. The van der Waals surface area contributed by atoms with Crippen molar-refractivity contribution in [1.82, 2.24) is 9.97 Å². The van der Waals surface area contributed by atoms with Gasteiger partial charge in [0, 0.05) is 18.4 Å². The fourth-order valence-corrected chi connectivity index (χ4v) is 1.80. The number of aryl methyl sites for hydroxylation is 1. The molecule has 0 aromatic carbocycles. The molecular formula is C13H22N2O2. The molecule has 0 bridgehead atoms. The molecule has 0 fully saturated rings. The minimum absolute atomic E-state index is 0.0992. The van der Waals surface area contributed by atoms with Gasteiger partial charge >= 0.3 is 0 Å². The fourth-order valence-electron chi connectivity index (χ4n) is 1.80. The highest BCUT2D eigenvalue weighted by Crippen LogP contribution is 2.25. The first kappa shape index (κ1) is 13.9. The summed E-state index contributed by atoms with van der Waals surface area (Å²) in [5.41, 5.74) is 0.237. The molecular weight excluding hydrogens is 216 g/mol. The maximum absolute atomic E-state index is 11.6. The van der Waals surface area contributed by atoms with Crippen molar-refractivity contribution in [3.8, 4) is 0 Å². The molecule has 4 nitrogen and oxygen atoms in total. The zero-order valence-corrected chi connectivity index (χ0v) is 11.2. The van der Waals surface area contributed by atoms with Gasteiger partial charge in [-0.1, -0.05) is 20.3 Å². The Morgan fingerprint density at radius 1 is 1.41 bits per heavy atom. The first-order valence-corrected chi connectivity index (χ1v) is 6.30. The summed E-state index contributed by atoms with van der Waals surface area (Å²) in [7, 11) is 0. The molecule has 96 valence electrons. The SMILES string of the molecule is CCCc1cc(=O)[nH]c(C(C)(CC)OCC)n1. The van der Waals surface area contributed by atoms with Crippen LogP contribution in [0.1, 0.15) is 52.1 Å². The summed E-state index contributed by atoms with van der Waals surface area (Å²) >= 11 is 0. The van der Waals surface area contributed by atoms with E-state index in [-0.39, 0.29) is 5.56 Å². The van der Waals surface area contributed by atoms with Gasteiger partial charge in [-0.2, -0.15) is 0 Å². The molecule has 4 heteroatoms. The Labute approximate surface area is 102 Å². The lowest BCUT2D eigenvalue weighted by atomic mass is 10.0. The second kappa shape index (κ2) is 5.96. The minimum Gasteiger partial charge on any atom is -0.368 e. The van der Waals surface area contributed by atoms with Gasteiger partial charge in [-0.25, -0.2) is 4.98 Å². The molecule has 0 aliphatic carbocycles. The lowest BCUT2D eigenvalue weighted by Crippen LogP contribution is -2.31. The number of aromatic amines is 1. The van der Waals surface area contributed by atoms with Crippen molar-refractivity contribution < 1.29 is 4.74 Å². The van der Waals surface area contributed by atoms with Crippen molar-refractivity contribution in [3.05, 3.63) is 27.9 Å². The second-order valence-corrected chi connectivity index (χ2v) is 4.35. The van der Waals surface area contributed by atoms with E-state index in [0.29, 0.717) is 12.4 Å². The molecule has 1 heterocycles. The summed E-state index contributed by atoms with van der Waals surface area (Å²) in [5, 5.41) is 0. The van der Waals surface area contributed by atoms with Gasteiger partial charge in [-0.3, -0.25) is 4.79 Å². The topological polar surface area (TPSA) is 55.0 Å². The number of nitrogens with one attached hydrogen (secondary N) is 1. The lowest BCUT2D eigenvalue weighted by molar-refractivity contribution is -0.0393. The van der Waals surface area contributed by atoms with E-state index in [9.17, 15) is 4.79 Å². The number of hydrogen-bond acceptors (Lipinski definition) is 3. The quantitative estimate of drug-likeness (QED) is 0.828. The Hall–Kier alpha value is -1.16. The summed E-state index contributed by atoms with van der Waals surface area (Å²) < 4.78 is 5.72. The highest BCUT2D eigenvalue weighted by Gasteiger charge is 2.28. The van der Waals surface area contributed by atoms with Gasteiger partial charge in [-0.05, 0) is 26.7 Å². The maximum atomic E-state index is 11.6. The third-order valence-corrected chi connectivity index (χ3v) is 2.94. The van der Waals surface area contributed by atoms with Crippen molar-refractivity contribution in [2.45, 2.75) is 52.6 Å². The first-order valence-electron chi connectivity index (χ1n) is 6.30. The minimum atomic E-state index is -0.502. The summed E-state index contributed by atoms with van der Waals surface area (Å²) in [5.74, 6) is 0.637. The number of nitrogens with zero attached hydrogens (tertiary/aromatic N) is 1. The van der Waals surface area contributed by atoms with E-state index >= 15 is 0 Å². The molecule has 0 spiro atoms. The molecule has 0 aliphatic heterocycles. The molecule has 1 aromatic rings. The highest BCUT2D eigenvalue weighted by atomic mass is 16.5. The van der Waals surface area contributed by atoms with Gasteiger partial charge < -0.3 is 9.72 Å². The number of rotatable bonds is 6. The highest BCUT2D eigenvalue weighted by molar-refractivity contribution is 5.08. The Bertz CT molecular complexity index is 414. The van der Waals surface area contributed by atoms with Crippen LogP contribution in [0.15, 0.2) is 10.9 Å². The monoisotopic (exact) mass is 238 g/mol. The van der Waals surface area contributed by atoms with Crippen LogP contribution < -0.4 is 5.56 Å². The average Bonchev–Trinajstić information content (AvgIpc) is 2.29. The Kier molecular flexibility index (Phi) is 4.87. The van der Waals surface area contributed by atoms with E-state index in [4.69, 9.17) is 4.74 Å². The smallest absolute Gasteiger partial charge is 0.251 e. The van der Waals surface area contributed by atoms with E-state index in [1.807, 2.05) is 20.8 Å². The van der Waals surface area contributed by atoms with Crippen LogP contribution in [0, 0.1) is 0 Å². The van der Waals surface area contributed by atoms with E-state index < -0.39 is 5.60 Å². The molecule has 17 heavy (non-hydrogen) atoms. The Morgan fingerprint density at radius 2 is 2.12 bits per heavy atom. The van der Waals surface area contributed by atoms with Crippen LogP contribution >= 0.6 is 0 Å². The largest absolute Gasteiger partial charge is 0.368 e. The van der Waals surface area contributed by atoms with Gasteiger partial charge in [0.2, 0.25) is 0 Å². The van der Waals surface area contributed by atoms with Gasteiger partial charge in [0.1, 0.15) is 11.4 Å². The summed E-state index contributed by atoms with van der Waals surface area (Å²) in [6.07, 6.45) is 2.58. The van der Waals surface area contributed by atoms with Crippen LogP contribution in [0.3, 0.4) is 0 Å². The molecule has 0 radical (unpaired) electrons. The van der Waals surface area contributed by atoms with E-state index in [0.717, 1.165) is 25.0 Å². The van der Waals surface area contributed by atoms with Crippen molar-refractivity contribution in [1.29, 1.82) is 0 Å². The summed E-state index contributed by atoms with van der Waals surface area (Å²) in [6.45, 7) is 8.62. The summed E-state index contributed by atoms with van der Waals surface area (Å²) in [4.78, 5) is 18.9.